The van der Waals surface area contributed by atoms with Crippen molar-refractivity contribution in [2.75, 3.05) is 7.11 Å². The van der Waals surface area contributed by atoms with Crippen molar-refractivity contribution in [1.82, 2.24) is 10.3 Å². The van der Waals surface area contributed by atoms with E-state index in [9.17, 15) is 0 Å². The van der Waals surface area contributed by atoms with E-state index >= 15 is 0 Å². The van der Waals surface area contributed by atoms with Gasteiger partial charge in [-0.15, -0.1) is 0 Å². The van der Waals surface area contributed by atoms with Crippen molar-refractivity contribution in [1.29, 1.82) is 0 Å². The van der Waals surface area contributed by atoms with Crippen molar-refractivity contribution in [3.05, 3.63) is 58.2 Å². The second-order valence-electron chi connectivity index (χ2n) is 3.94. The van der Waals surface area contributed by atoms with Crippen molar-refractivity contribution in [3.63, 3.8) is 0 Å². The van der Waals surface area contributed by atoms with Gasteiger partial charge in [0.25, 0.3) is 0 Å². The molecule has 0 saturated carbocycles. The Labute approximate surface area is 115 Å². The fourth-order valence-corrected chi connectivity index (χ4v) is 1.89. The van der Waals surface area contributed by atoms with Crippen LogP contribution < -0.4 is 10.1 Å². The molecule has 3 nitrogen and oxygen atoms in total. The third-order valence-corrected chi connectivity index (χ3v) is 3.11. The average molecular weight is 307 g/mol. The van der Waals surface area contributed by atoms with Crippen LogP contribution in [0.5, 0.6) is 5.88 Å². The summed E-state index contributed by atoms with van der Waals surface area (Å²) < 4.78 is 6.19. The first-order valence-corrected chi connectivity index (χ1v) is 6.51. The second kappa shape index (κ2) is 6.52. The number of halogens is 1. The van der Waals surface area contributed by atoms with Gasteiger partial charge in [-0.05, 0) is 29.3 Å². The molecule has 0 aliphatic rings. The van der Waals surface area contributed by atoms with Crippen LogP contribution in [0.2, 0.25) is 0 Å². The number of methoxy groups -OCH3 is 1. The lowest BCUT2D eigenvalue weighted by Crippen LogP contribution is -2.12. The van der Waals surface area contributed by atoms with Crippen LogP contribution in [-0.4, -0.2) is 12.1 Å². The first kappa shape index (κ1) is 13.1. The van der Waals surface area contributed by atoms with Crippen LogP contribution in [0.15, 0.2) is 47.1 Å². The van der Waals surface area contributed by atoms with Gasteiger partial charge in [0.2, 0.25) is 5.88 Å². The SMILES string of the molecule is COc1cc(CNCc2ccc(Br)cc2)ccn1. The van der Waals surface area contributed by atoms with E-state index in [1.807, 2.05) is 24.3 Å². The molecule has 0 aliphatic heterocycles. The predicted octanol–water partition coefficient (Wildman–Crippen LogP) is 3.14. The van der Waals surface area contributed by atoms with Crippen LogP contribution in [0, 0.1) is 0 Å². The minimum Gasteiger partial charge on any atom is -0.481 e. The molecule has 0 bridgehead atoms. The normalized spacial score (nSPS) is 10.3. The quantitative estimate of drug-likeness (QED) is 0.921. The van der Waals surface area contributed by atoms with Gasteiger partial charge in [-0.1, -0.05) is 28.1 Å². The molecule has 4 heteroatoms. The number of rotatable bonds is 5. The molecule has 0 atom stereocenters. The van der Waals surface area contributed by atoms with Gasteiger partial charge >= 0.3 is 0 Å². The number of ether oxygens (including phenoxy) is 1. The van der Waals surface area contributed by atoms with E-state index in [-0.39, 0.29) is 0 Å². The Balaban J connectivity index is 1.86. The van der Waals surface area contributed by atoms with Gasteiger partial charge < -0.3 is 10.1 Å². The summed E-state index contributed by atoms with van der Waals surface area (Å²) in [7, 11) is 1.63. The van der Waals surface area contributed by atoms with E-state index in [4.69, 9.17) is 4.74 Å². The summed E-state index contributed by atoms with van der Waals surface area (Å²) in [6, 6.07) is 12.2. The third-order valence-electron chi connectivity index (χ3n) is 2.58. The van der Waals surface area contributed by atoms with Crippen LogP contribution in [0.4, 0.5) is 0 Å². The summed E-state index contributed by atoms with van der Waals surface area (Å²) in [6.07, 6.45) is 1.76. The zero-order chi connectivity index (χ0) is 12.8. The number of nitrogens with one attached hydrogen (secondary N) is 1. The average Bonchev–Trinajstić information content (AvgIpc) is 2.41. The maximum atomic E-state index is 5.09. The summed E-state index contributed by atoms with van der Waals surface area (Å²) in [5, 5.41) is 3.39. The highest BCUT2D eigenvalue weighted by Gasteiger charge is 1.97. The number of pyridine rings is 1. The van der Waals surface area contributed by atoms with E-state index < -0.39 is 0 Å². The smallest absolute Gasteiger partial charge is 0.213 e. The van der Waals surface area contributed by atoms with Gasteiger partial charge in [-0.2, -0.15) is 0 Å². The molecule has 2 aromatic rings. The molecule has 1 heterocycles. The summed E-state index contributed by atoms with van der Waals surface area (Å²) in [5.41, 5.74) is 2.43. The van der Waals surface area contributed by atoms with Gasteiger partial charge in [0.15, 0.2) is 0 Å². The summed E-state index contributed by atoms with van der Waals surface area (Å²) >= 11 is 3.42. The number of hydrogen-bond donors (Lipinski definition) is 1. The lowest BCUT2D eigenvalue weighted by Gasteiger charge is -2.06. The molecule has 0 aliphatic carbocycles. The van der Waals surface area contributed by atoms with Gasteiger partial charge in [0.05, 0.1) is 7.11 Å². The highest BCUT2D eigenvalue weighted by atomic mass is 79.9. The van der Waals surface area contributed by atoms with Crippen LogP contribution in [0.25, 0.3) is 0 Å². The molecular formula is C14H15BrN2O. The van der Waals surface area contributed by atoms with Crippen LogP contribution in [-0.2, 0) is 13.1 Å². The van der Waals surface area contributed by atoms with E-state index in [1.54, 1.807) is 13.3 Å². The van der Waals surface area contributed by atoms with Crippen molar-refractivity contribution >= 4 is 15.9 Å². The van der Waals surface area contributed by atoms with E-state index in [1.165, 1.54) is 11.1 Å². The highest BCUT2D eigenvalue weighted by molar-refractivity contribution is 9.10. The maximum Gasteiger partial charge on any atom is 0.213 e. The first-order valence-electron chi connectivity index (χ1n) is 5.72. The molecule has 0 unspecified atom stereocenters. The Kier molecular flexibility index (Phi) is 4.73. The van der Waals surface area contributed by atoms with Gasteiger partial charge in [-0.3, -0.25) is 0 Å². The number of hydrogen-bond acceptors (Lipinski definition) is 3. The molecule has 1 aromatic heterocycles. The molecule has 2 rings (SSSR count). The summed E-state index contributed by atoms with van der Waals surface area (Å²) in [6.45, 7) is 1.65. The number of nitrogens with zero attached hydrogens (tertiary/aromatic N) is 1. The molecular weight excluding hydrogens is 292 g/mol. The van der Waals surface area contributed by atoms with Gasteiger partial charge in [0.1, 0.15) is 0 Å². The monoisotopic (exact) mass is 306 g/mol. The molecule has 0 radical (unpaired) electrons. The van der Waals surface area contributed by atoms with Crippen LogP contribution in [0.3, 0.4) is 0 Å². The third kappa shape index (κ3) is 3.82. The lowest BCUT2D eigenvalue weighted by molar-refractivity contribution is 0.397. The fraction of sp³-hybridized carbons (Fsp3) is 0.214. The van der Waals surface area contributed by atoms with Crippen molar-refractivity contribution < 1.29 is 4.74 Å². The summed E-state index contributed by atoms with van der Waals surface area (Å²) in [4.78, 5) is 4.08. The Morgan fingerprint density at radius 1 is 1.11 bits per heavy atom. The zero-order valence-corrected chi connectivity index (χ0v) is 11.8. The van der Waals surface area contributed by atoms with E-state index in [2.05, 4.69) is 38.4 Å². The molecule has 1 N–H and O–H groups in total. The van der Waals surface area contributed by atoms with Gasteiger partial charge in [-0.25, -0.2) is 4.98 Å². The number of aromatic nitrogens is 1. The van der Waals surface area contributed by atoms with Crippen LogP contribution >= 0.6 is 15.9 Å². The Morgan fingerprint density at radius 3 is 2.56 bits per heavy atom. The van der Waals surface area contributed by atoms with Crippen molar-refractivity contribution in [3.8, 4) is 5.88 Å². The van der Waals surface area contributed by atoms with E-state index in [0.717, 1.165) is 17.6 Å². The Morgan fingerprint density at radius 2 is 1.83 bits per heavy atom. The first-order chi connectivity index (χ1) is 8.78. The molecule has 1 aromatic carbocycles. The Bertz CT molecular complexity index is 499. The van der Waals surface area contributed by atoms with Crippen molar-refractivity contribution in [2.24, 2.45) is 0 Å². The molecule has 0 spiro atoms. The topological polar surface area (TPSA) is 34.1 Å². The Hall–Kier alpha value is -1.39. The summed E-state index contributed by atoms with van der Waals surface area (Å²) in [5.74, 6) is 0.651. The second-order valence-corrected chi connectivity index (χ2v) is 4.85. The van der Waals surface area contributed by atoms with Gasteiger partial charge in [0, 0.05) is 29.8 Å². The fourth-order valence-electron chi connectivity index (χ4n) is 1.63. The minimum absolute atomic E-state index is 0.651. The highest BCUT2D eigenvalue weighted by Crippen LogP contribution is 2.11. The minimum atomic E-state index is 0.651. The maximum absolute atomic E-state index is 5.09. The molecule has 18 heavy (non-hydrogen) atoms. The largest absolute Gasteiger partial charge is 0.481 e. The lowest BCUT2D eigenvalue weighted by atomic mass is 10.2. The standard InChI is InChI=1S/C14H15BrN2O/c1-18-14-8-12(6-7-17-14)10-16-9-11-2-4-13(15)5-3-11/h2-8,16H,9-10H2,1H3. The number of benzene rings is 1. The molecule has 0 amide bonds. The molecule has 0 fully saturated rings. The predicted molar refractivity (Wildman–Crippen MR) is 75.5 cm³/mol. The molecule has 0 saturated heterocycles. The van der Waals surface area contributed by atoms with Crippen molar-refractivity contribution in [2.45, 2.75) is 13.1 Å². The van der Waals surface area contributed by atoms with E-state index in [0.29, 0.717) is 5.88 Å². The van der Waals surface area contributed by atoms with Crippen LogP contribution in [0.1, 0.15) is 11.1 Å². The molecule has 94 valence electrons. The zero-order valence-electron chi connectivity index (χ0n) is 10.2.